The summed E-state index contributed by atoms with van der Waals surface area (Å²) < 4.78 is 27.1. The number of halogens is 1. The van der Waals surface area contributed by atoms with Crippen LogP contribution in [0.5, 0.6) is 5.75 Å². The van der Waals surface area contributed by atoms with Gasteiger partial charge in [0.15, 0.2) is 4.80 Å². The van der Waals surface area contributed by atoms with Crippen LogP contribution in [0, 0.1) is 5.82 Å². The first kappa shape index (κ1) is 20.7. The van der Waals surface area contributed by atoms with Gasteiger partial charge in [-0.05, 0) is 44.2 Å². The van der Waals surface area contributed by atoms with E-state index in [1.54, 1.807) is 17.6 Å². The van der Waals surface area contributed by atoms with Crippen molar-refractivity contribution in [3.05, 3.63) is 58.6 Å². The van der Waals surface area contributed by atoms with Crippen LogP contribution in [-0.2, 0) is 16.1 Å². The zero-order valence-corrected chi connectivity index (χ0v) is 17.0. The largest absolute Gasteiger partial charge is 0.494 e. The van der Waals surface area contributed by atoms with Crippen LogP contribution < -0.4 is 9.54 Å². The minimum atomic E-state index is -0.676. The number of benzene rings is 2. The molecule has 2 aromatic carbocycles. The van der Waals surface area contributed by atoms with Crippen molar-refractivity contribution in [2.24, 2.45) is 4.99 Å². The van der Waals surface area contributed by atoms with Gasteiger partial charge in [0.1, 0.15) is 11.6 Å². The predicted octanol–water partition coefficient (Wildman–Crippen LogP) is 3.93. The van der Waals surface area contributed by atoms with Gasteiger partial charge in [-0.1, -0.05) is 23.5 Å². The molecule has 1 aromatic heterocycles. The highest BCUT2D eigenvalue weighted by molar-refractivity contribution is 7.16. The third-order valence-electron chi connectivity index (χ3n) is 4.11. The number of ether oxygens (including phenoxy) is 2. The summed E-state index contributed by atoms with van der Waals surface area (Å²) in [6.45, 7) is 4.76. The minimum absolute atomic E-state index is 0.100. The average molecular weight is 416 g/mol. The summed E-state index contributed by atoms with van der Waals surface area (Å²) >= 11 is 1.28. The number of hydrogen-bond acceptors (Lipinski definition) is 5. The normalized spacial score (nSPS) is 11.6. The number of aryl methyl sites for hydroxylation is 1. The lowest BCUT2D eigenvalue weighted by atomic mass is 10.2. The van der Waals surface area contributed by atoms with Crippen LogP contribution in [0.25, 0.3) is 10.2 Å². The van der Waals surface area contributed by atoms with Crippen LogP contribution in [0.15, 0.2) is 47.5 Å². The molecule has 0 radical (unpaired) electrons. The highest BCUT2D eigenvalue weighted by Crippen LogP contribution is 2.24. The lowest BCUT2D eigenvalue weighted by Crippen LogP contribution is -2.19. The number of carbonyl (C=O) groups is 2. The molecule has 0 spiro atoms. The first-order valence-electron chi connectivity index (χ1n) is 9.28. The fraction of sp³-hybridized carbons (Fsp3) is 0.286. The number of fused-ring (bicyclic) bond motifs is 1. The van der Waals surface area contributed by atoms with Crippen LogP contribution >= 0.6 is 11.3 Å². The topological polar surface area (TPSA) is 69.9 Å². The van der Waals surface area contributed by atoms with E-state index >= 15 is 0 Å². The number of esters is 1. The standard InChI is InChI=1S/C21H21FN2O4S/c1-3-27-14-9-10-17-18(13-14)29-21(24(17)12-11-19(25)28-4-2)23-20(26)15-7-5-6-8-16(15)22/h5-10,13H,3-4,11-12H2,1-2H3. The highest BCUT2D eigenvalue weighted by Gasteiger charge is 2.14. The Bertz CT molecular complexity index is 1100. The Kier molecular flexibility index (Phi) is 6.77. The molecule has 0 aliphatic carbocycles. The van der Waals surface area contributed by atoms with Crippen LogP contribution in [0.4, 0.5) is 4.39 Å². The summed E-state index contributed by atoms with van der Waals surface area (Å²) in [5.74, 6) is -0.939. The molecule has 1 amide bonds. The third kappa shape index (κ3) is 4.89. The molecule has 0 atom stereocenters. The molecule has 0 saturated heterocycles. The first-order valence-corrected chi connectivity index (χ1v) is 10.1. The zero-order chi connectivity index (χ0) is 20.8. The number of rotatable bonds is 7. The van der Waals surface area contributed by atoms with Gasteiger partial charge in [0.05, 0.1) is 35.4 Å². The van der Waals surface area contributed by atoms with Crippen molar-refractivity contribution < 1.29 is 23.5 Å². The molecule has 0 aliphatic rings. The Morgan fingerprint density at radius 2 is 1.93 bits per heavy atom. The van der Waals surface area contributed by atoms with Crippen molar-refractivity contribution in [3.63, 3.8) is 0 Å². The molecular formula is C21H21FN2O4S. The number of carbonyl (C=O) groups excluding carboxylic acids is 2. The van der Waals surface area contributed by atoms with Crippen LogP contribution in [-0.4, -0.2) is 29.7 Å². The Hall–Kier alpha value is -3.00. The van der Waals surface area contributed by atoms with E-state index in [0.717, 1.165) is 10.2 Å². The number of nitrogens with zero attached hydrogens (tertiary/aromatic N) is 2. The molecule has 8 heteroatoms. The third-order valence-corrected chi connectivity index (χ3v) is 5.15. The molecule has 0 fully saturated rings. The summed E-state index contributed by atoms with van der Waals surface area (Å²) in [6.07, 6.45) is 0.133. The van der Waals surface area contributed by atoms with E-state index < -0.39 is 11.7 Å². The maximum atomic E-state index is 14.0. The second-order valence-electron chi connectivity index (χ2n) is 6.05. The smallest absolute Gasteiger partial charge is 0.307 e. The van der Waals surface area contributed by atoms with Gasteiger partial charge < -0.3 is 14.0 Å². The van der Waals surface area contributed by atoms with Gasteiger partial charge in [-0.25, -0.2) is 4.39 Å². The summed E-state index contributed by atoms with van der Waals surface area (Å²) in [5.41, 5.74) is 0.708. The summed E-state index contributed by atoms with van der Waals surface area (Å²) in [7, 11) is 0. The second-order valence-corrected chi connectivity index (χ2v) is 7.06. The van der Waals surface area contributed by atoms with E-state index in [-0.39, 0.29) is 24.5 Å². The second kappa shape index (κ2) is 9.47. The number of aromatic nitrogens is 1. The van der Waals surface area contributed by atoms with Gasteiger partial charge in [0.25, 0.3) is 5.91 Å². The van der Waals surface area contributed by atoms with E-state index in [1.807, 2.05) is 25.1 Å². The van der Waals surface area contributed by atoms with E-state index in [0.29, 0.717) is 23.8 Å². The number of hydrogen-bond donors (Lipinski definition) is 0. The molecule has 0 aliphatic heterocycles. The summed E-state index contributed by atoms with van der Waals surface area (Å²) in [4.78, 5) is 28.9. The number of thiazole rings is 1. The Balaban J connectivity index is 2.05. The lowest BCUT2D eigenvalue weighted by molar-refractivity contribution is -0.143. The molecule has 3 aromatic rings. The van der Waals surface area contributed by atoms with Gasteiger partial charge >= 0.3 is 5.97 Å². The molecule has 0 saturated carbocycles. The molecule has 0 unspecified atom stereocenters. The van der Waals surface area contributed by atoms with Gasteiger partial charge in [-0.2, -0.15) is 4.99 Å². The van der Waals surface area contributed by atoms with Crippen LogP contribution in [0.3, 0.4) is 0 Å². The predicted molar refractivity (Wildman–Crippen MR) is 109 cm³/mol. The minimum Gasteiger partial charge on any atom is -0.494 e. The van der Waals surface area contributed by atoms with Crippen molar-refractivity contribution >= 4 is 33.4 Å². The lowest BCUT2D eigenvalue weighted by Gasteiger charge is -2.06. The van der Waals surface area contributed by atoms with Gasteiger partial charge in [-0.15, -0.1) is 0 Å². The first-order chi connectivity index (χ1) is 14.0. The van der Waals surface area contributed by atoms with Crippen LogP contribution in [0.1, 0.15) is 30.6 Å². The van der Waals surface area contributed by atoms with Crippen molar-refractivity contribution in [3.8, 4) is 5.75 Å². The Morgan fingerprint density at radius 3 is 2.66 bits per heavy atom. The maximum absolute atomic E-state index is 14.0. The van der Waals surface area contributed by atoms with Crippen molar-refractivity contribution in [1.29, 1.82) is 0 Å². The fourth-order valence-corrected chi connectivity index (χ4v) is 3.91. The van der Waals surface area contributed by atoms with Crippen molar-refractivity contribution in [1.82, 2.24) is 4.57 Å². The van der Waals surface area contributed by atoms with Crippen molar-refractivity contribution in [2.45, 2.75) is 26.8 Å². The molecule has 152 valence electrons. The number of amides is 1. The van der Waals surface area contributed by atoms with E-state index in [2.05, 4.69) is 4.99 Å². The SMILES string of the molecule is CCOC(=O)CCn1c(=NC(=O)c2ccccc2F)sc2cc(OCC)ccc21. The molecule has 3 rings (SSSR count). The van der Waals surface area contributed by atoms with Crippen LogP contribution in [0.2, 0.25) is 0 Å². The molecule has 1 heterocycles. The average Bonchev–Trinajstić information content (AvgIpc) is 3.03. The van der Waals surface area contributed by atoms with Gasteiger partial charge in [0, 0.05) is 6.54 Å². The van der Waals surface area contributed by atoms with E-state index in [4.69, 9.17) is 9.47 Å². The highest BCUT2D eigenvalue weighted by atomic mass is 32.1. The monoisotopic (exact) mass is 416 g/mol. The maximum Gasteiger partial charge on any atom is 0.307 e. The van der Waals surface area contributed by atoms with E-state index in [1.165, 1.54) is 29.5 Å². The Labute approximate surface area is 171 Å². The fourth-order valence-electron chi connectivity index (χ4n) is 2.83. The molecular weight excluding hydrogens is 395 g/mol. The van der Waals surface area contributed by atoms with E-state index in [9.17, 15) is 14.0 Å². The molecule has 29 heavy (non-hydrogen) atoms. The van der Waals surface area contributed by atoms with Gasteiger partial charge in [-0.3, -0.25) is 9.59 Å². The molecule has 0 N–H and O–H groups in total. The summed E-state index contributed by atoms with van der Waals surface area (Å²) in [6, 6.07) is 11.2. The molecule has 0 bridgehead atoms. The quantitative estimate of drug-likeness (QED) is 0.547. The van der Waals surface area contributed by atoms with Crippen molar-refractivity contribution in [2.75, 3.05) is 13.2 Å². The zero-order valence-electron chi connectivity index (χ0n) is 16.2. The molecule has 6 nitrogen and oxygen atoms in total. The summed E-state index contributed by atoms with van der Waals surface area (Å²) in [5, 5.41) is 0. The van der Waals surface area contributed by atoms with Gasteiger partial charge in [0.2, 0.25) is 0 Å². The Morgan fingerprint density at radius 1 is 1.14 bits per heavy atom.